The van der Waals surface area contributed by atoms with Crippen LogP contribution in [0.15, 0.2) is 47.4 Å². The zero-order valence-corrected chi connectivity index (χ0v) is 15.7. The van der Waals surface area contributed by atoms with Crippen LogP contribution in [0.2, 0.25) is 5.02 Å². The lowest BCUT2D eigenvalue weighted by Gasteiger charge is -2.10. The lowest BCUT2D eigenvalue weighted by molar-refractivity contribution is -0.115. The molecule has 2 aromatic rings. The molecule has 9 heteroatoms. The van der Waals surface area contributed by atoms with Crippen molar-refractivity contribution in [2.75, 3.05) is 18.9 Å². The lowest BCUT2D eigenvalue weighted by Crippen LogP contribution is -2.33. The summed E-state index contributed by atoms with van der Waals surface area (Å²) in [5.74, 6) is -0.894. The third kappa shape index (κ3) is 4.81. The maximum absolute atomic E-state index is 12.1. The molecule has 3 N–H and O–H groups in total. The highest BCUT2D eigenvalue weighted by molar-refractivity contribution is 7.89. The van der Waals surface area contributed by atoms with Crippen molar-refractivity contribution in [2.45, 2.75) is 11.8 Å². The highest BCUT2D eigenvalue weighted by atomic mass is 35.5. The fraction of sp³-hybridized carbons (Fsp3) is 0.176. The number of halogens is 1. The number of amides is 2. The number of rotatable bonds is 6. The molecular formula is C17H18ClN3O4S. The summed E-state index contributed by atoms with van der Waals surface area (Å²) >= 11 is 5.99. The molecule has 0 saturated heterocycles. The Morgan fingerprint density at radius 2 is 1.73 bits per heavy atom. The minimum Gasteiger partial charge on any atom is -0.343 e. The van der Waals surface area contributed by atoms with Crippen LogP contribution in [0.3, 0.4) is 0 Å². The van der Waals surface area contributed by atoms with Crippen LogP contribution in [0, 0.1) is 6.92 Å². The maximum atomic E-state index is 12.1. The summed E-state index contributed by atoms with van der Waals surface area (Å²) in [7, 11) is -2.26. The standard InChI is InChI=1S/C17H18ClN3O4S/c1-11-14(18)4-3-5-15(11)21-16(22)10-20-17(23)12-6-8-13(9-7-12)26(24,25)19-2/h3-9,19H,10H2,1-2H3,(H,20,23)(H,21,22). The molecule has 0 atom stereocenters. The topological polar surface area (TPSA) is 104 Å². The average molecular weight is 396 g/mol. The van der Waals surface area contributed by atoms with Crippen LogP contribution in [0.5, 0.6) is 0 Å². The van der Waals surface area contributed by atoms with Crippen LogP contribution in [0.4, 0.5) is 5.69 Å². The van der Waals surface area contributed by atoms with Crippen molar-refractivity contribution in [3.05, 3.63) is 58.6 Å². The Bertz CT molecular complexity index is 928. The van der Waals surface area contributed by atoms with Gasteiger partial charge in [-0.15, -0.1) is 0 Å². The predicted molar refractivity (Wildman–Crippen MR) is 99.8 cm³/mol. The molecule has 0 aliphatic carbocycles. The fourth-order valence-corrected chi connectivity index (χ4v) is 3.01. The molecule has 2 aromatic carbocycles. The zero-order valence-electron chi connectivity index (χ0n) is 14.2. The number of benzene rings is 2. The van der Waals surface area contributed by atoms with Crippen molar-refractivity contribution in [2.24, 2.45) is 0 Å². The Labute approximate surface area is 156 Å². The average Bonchev–Trinajstić information content (AvgIpc) is 2.63. The van der Waals surface area contributed by atoms with Crippen molar-refractivity contribution in [3.8, 4) is 0 Å². The summed E-state index contributed by atoms with van der Waals surface area (Å²) < 4.78 is 25.5. The highest BCUT2D eigenvalue weighted by Gasteiger charge is 2.13. The molecule has 26 heavy (non-hydrogen) atoms. The Kier molecular flexibility index (Phi) is 6.36. The molecule has 138 valence electrons. The Morgan fingerprint density at radius 1 is 1.08 bits per heavy atom. The quantitative estimate of drug-likeness (QED) is 0.695. The van der Waals surface area contributed by atoms with Gasteiger partial charge in [0.25, 0.3) is 5.91 Å². The van der Waals surface area contributed by atoms with Gasteiger partial charge in [-0.25, -0.2) is 13.1 Å². The van der Waals surface area contributed by atoms with E-state index < -0.39 is 21.8 Å². The van der Waals surface area contributed by atoms with E-state index in [9.17, 15) is 18.0 Å². The first-order valence-electron chi connectivity index (χ1n) is 7.61. The van der Waals surface area contributed by atoms with E-state index in [1.807, 2.05) is 0 Å². The second-order valence-electron chi connectivity index (χ2n) is 5.38. The Hall–Kier alpha value is -2.42. The van der Waals surface area contributed by atoms with Crippen LogP contribution in [0.25, 0.3) is 0 Å². The monoisotopic (exact) mass is 395 g/mol. The van der Waals surface area contributed by atoms with E-state index >= 15 is 0 Å². The van der Waals surface area contributed by atoms with Gasteiger partial charge in [0.05, 0.1) is 11.4 Å². The number of hydrogen-bond donors (Lipinski definition) is 3. The molecule has 0 saturated carbocycles. The van der Waals surface area contributed by atoms with Gasteiger partial charge in [-0.05, 0) is 55.9 Å². The molecule has 0 aliphatic rings. The number of sulfonamides is 1. The normalized spacial score (nSPS) is 11.0. The molecule has 0 bridgehead atoms. The SMILES string of the molecule is CNS(=O)(=O)c1ccc(C(=O)NCC(=O)Nc2cccc(Cl)c2C)cc1. The fourth-order valence-electron chi connectivity index (χ4n) is 2.10. The van der Waals surface area contributed by atoms with E-state index in [1.54, 1.807) is 25.1 Å². The van der Waals surface area contributed by atoms with E-state index in [-0.39, 0.29) is 17.0 Å². The van der Waals surface area contributed by atoms with Crippen molar-refractivity contribution >= 4 is 39.1 Å². The maximum Gasteiger partial charge on any atom is 0.251 e. The van der Waals surface area contributed by atoms with E-state index in [0.29, 0.717) is 10.7 Å². The van der Waals surface area contributed by atoms with Crippen LogP contribution >= 0.6 is 11.6 Å². The second kappa shape index (κ2) is 8.31. The van der Waals surface area contributed by atoms with E-state index in [1.165, 1.54) is 31.3 Å². The van der Waals surface area contributed by atoms with Gasteiger partial charge in [-0.2, -0.15) is 0 Å². The first-order chi connectivity index (χ1) is 12.2. The summed E-state index contributed by atoms with van der Waals surface area (Å²) in [6, 6.07) is 10.5. The molecule has 2 rings (SSSR count). The molecule has 7 nitrogen and oxygen atoms in total. The van der Waals surface area contributed by atoms with E-state index in [2.05, 4.69) is 15.4 Å². The second-order valence-corrected chi connectivity index (χ2v) is 7.67. The van der Waals surface area contributed by atoms with Gasteiger partial charge in [0, 0.05) is 16.3 Å². The molecule has 0 unspecified atom stereocenters. The zero-order chi connectivity index (χ0) is 19.3. The van der Waals surface area contributed by atoms with Crippen LogP contribution < -0.4 is 15.4 Å². The van der Waals surface area contributed by atoms with Gasteiger partial charge in [-0.1, -0.05) is 17.7 Å². The van der Waals surface area contributed by atoms with Crippen LogP contribution in [-0.4, -0.2) is 33.8 Å². The molecular weight excluding hydrogens is 378 g/mol. The van der Waals surface area contributed by atoms with Crippen LogP contribution in [-0.2, 0) is 14.8 Å². The van der Waals surface area contributed by atoms with Gasteiger partial charge >= 0.3 is 0 Å². The third-order valence-corrected chi connectivity index (χ3v) is 5.49. The number of carbonyl (C=O) groups is 2. The lowest BCUT2D eigenvalue weighted by atomic mass is 10.2. The largest absolute Gasteiger partial charge is 0.343 e. The van der Waals surface area contributed by atoms with Gasteiger partial charge in [0.15, 0.2) is 0 Å². The van der Waals surface area contributed by atoms with E-state index in [0.717, 1.165) is 5.56 Å². The first-order valence-corrected chi connectivity index (χ1v) is 9.47. The summed E-state index contributed by atoms with van der Waals surface area (Å²) in [6.07, 6.45) is 0. The van der Waals surface area contributed by atoms with Crippen molar-refractivity contribution in [3.63, 3.8) is 0 Å². The summed E-state index contributed by atoms with van der Waals surface area (Å²) in [4.78, 5) is 24.1. The predicted octanol–water partition coefficient (Wildman–Crippen LogP) is 1.93. The number of nitrogens with one attached hydrogen (secondary N) is 3. The molecule has 0 radical (unpaired) electrons. The molecule has 0 spiro atoms. The molecule has 0 aromatic heterocycles. The Morgan fingerprint density at radius 3 is 2.35 bits per heavy atom. The van der Waals surface area contributed by atoms with Gasteiger partial charge in [0.2, 0.25) is 15.9 Å². The number of anilines is 1. The van der Waals surface area contributed by atoms with Gasteiger partial charge in [0.1, 0.15) is 0 Å². The van der Waals surface area contributed by atoms with Crippen molar-refractivity contribution in [1.82, 2.24) is 10.0 Å². The number of hydrogen-bond acceptors (Lipinski definition) is 4. The summed E-state index contributed by atoms with van der Waals surface area (Å²) in [5.41, 5.74) is 1.54. The smallest absolute Gasteiger partial charge is 0.251 e. The summed E-state index contributed by atoms with van der Waals surface area (Å²) in [5, 5.41) is 5.68. The van der Waals surface area contributed by atoms with Crippen LogP contribution in [0.1, 0.15) is 15.9 Å². The summed E-state index contributed by atoms with van der Waals surface area (Å²) in [6.45, 7) is 1.54. The highest BCUT2D eigenvalue weighted by Crippen LogP contribution is 2.22. The Balaban J connectivity index is 1.96. The van der Waals surface area contributed by atoms with Crippen molar-refractivity contribution in [1.29, 1.82) is 0 Å². The van der Waals surface area contributed by atoms with Gasteiger partial charge in [-0.3, -0.25) is 9.59 Å². The third-order valence-electron chi connectivity index (χ3n) is 3.65. The van der Waals surface area contributed by atoms with Crippen molar-refractivity contribution < 1.29 is 18.0 Å². The number of carbonyl (C=O) groups excluding carboxylic acids is 2. The molecule has 2 amide bonds. The molecule has 0 heterocycles. The molecule has 0 aliphatic heterocycles. The van der Waals surface area contributed by atoms with Gasteiger partial charge < -0.3 is 10.6 Å². The molecule has 0 fully saturated rings. The first kappa shape index (κ1) is 19.9. The van der Waals surface area contributed by atoms with E-state index in [4.69, 9.17) is 11.6 Å². The minimum absolute atomic E-state index is 0.0470. The minimum atomic E-state index is -3.57.